The van der Waals surface area contributed by atoms with Crippen molar-refractivity contribution >= 4 is 5.65 Å². The van der Waals surface area contributed by atoms with E-state index in [0.29, 0.717) is 5.69 Å². The van der Waals surface area contributed by atoms with Gasteiger partial charge in [-0.05, 0) is 0 Å². The van der Waals surface area contributed by atoms with Gasteiger partial charge in [0, 0.05) is 17.7 Å². The molecule has 2 aromatic heterocycles. The fourth-order valence-electron chi connectivity index (χ4n) is 1.46. The predicted molar refractivity (Wildman–Crippen MR) is 56.6 cm³/mol. The predicted octanol–water partition coefficient (Wildman–Crippen LogP) is 3.18. The van der Waals surface area contributed by atoms with Crippen LogP contribution < -0.4 is 0 Å². The molecule has 0 unspecified atom stereocenters. The Labute approximate surface area is 100 Å². The summed E-state index contributed by atoms with van der Waals surface area (Å²) in [6, 6.07) is 0.734. The average Bonchev–Trinajstić information content (AvgIpc) is 2.59. The van der Waals surface area contributed by atoms with Gasteiger partial charge < -0.3 is 0 Å². The monoisotopic (exact) mass is 261 g/mol. The maximum Gasteiger partial charge on any atom is 0.433 e. The molecule has 0 N–H and O–H groups in total. The molecule has 0 bridgehead atoms. The molecule has 18 heavy (non-hydrogen) atoms. The Morgan fingerprint density at radius 1 is 1.06 bits per heavy atom. The Kier molecular flexibility index (Phi) is 2.60. The number of hydrogen-bond acceptors (Lipinski definition) is 2. The first-order chi connectivity index (χ1) is 8.09. The highest BCUT2D eigenvalue weighted by Gasteiger charge is 2.34. The highest BCUT2D eigenvalue weighted by molar-refractivity contribution is 5.42. The van der Waals surface area contributed by atoms with Crippen LogP contribution >= 0.6 is 0 Å². The first-order valence-electron chi connectivity index (χ1n) is 5.22. The number of hydrogen-bond donors (Lipinski definition) is 0. The van der Waals surface area contributed by atoms with Crippen LogP contribution in [0.1, 0.15) is 32.2 Å². The summed E-state index contributed by atoms with van der Waals surface area (Å²) in [5.41, 5.74) is -1.25. The van der Waals surface area contributed by atoms with E-state index in [1.807, 2.05) is 20.8 Å². The number of alkyl halides is 3. The molecular formula is C11H11F4N3. The summed E-state index contributed by atoms with van der Waals surface area (Å²) in [5, 5.41) is 0. The summed E-state index contributed by atoms with van der Waals surface area (Å²) < 4.78 is 51.8. The van der Waals surface area contributed by atoms with Gasteiger partial charge in [-0.1, -0.05) is 20.8 Å². The van der Waals surface area contributed by atoms with Crippen LogP contribution in [-0.4, -0.2) is 14.4 Å². The standard InChI is InChI=1S/C11H11F4N3/c1-10(2,3)7-5-18-8(16-7)4-6(11(13,14)15)17-9(18)12/h4-5H,1-3H3. The Hall–Kier alpha value is -1.66. The van der Waals surface area contributed by atoms with E-state index in [1.54, 1.807) is 0 Å². The van der Waals surface area contributed by atoms with Gasteiger partial charge in [0.05, 0.1) is 5.69 Å². The van der Waals surface area contributed by atoms with E-state index < -0.39 is 17.9 Å². The minimum Gasteiger partial charge on any atom is -0.260 e. The van der Waals surface area contributed by atoms with Crippen LogP contribution in [0.15, 0.2) is 12.3 Å². The third kappa shape index (κ3) is 2.16. The highest BCUT2D eigenvalue weighted by atomic mass is 19.4. The normalized spacial score (nSPS) is 13.3. The third-order valence-corrected chi connectivity index (χ3v) is 2.47. The smallest absolute Gasteiger partial charge is 0.260 e. The van der Waals surface area contributed by atoms with E-state index in [4.69, 9.17) is 0 Å². The highest BCUT2D eigenvalue weighted by Crippen LogP contribution is 2.29. The van der Waals surface area contributed by atoms with Crippen molar-refractivity contribution in [3.63, 3.8) is 0 Å². The minimum absolute atomic E-state index is 0.0975. The number of halogens is 4. The molecule has 0 aliphatic heterocycles. The molecule has 2 heterocycles. The Balaban J connectivity index is 2.67. The van der Waals surface area contributed by atoms with Crippen molar-refractivity contribution in [2.45, 2.75) is 32.4 Å². The second-order valence-corrected chi connectivity index (χ2v) is 5.01. The van der Waals surface area contributed by atoms with Crippen LogP contribution in [0, 0.1) is 6.08 Å². The number of nitrogens with zero attached hydrogens (tertiary/aromatic N) is 3. The lowest BCUT2D eigenvalue weighted by molar-refractivity contribution is -0.141. The molecule has 2 rings (SSSR count). The van der Waals surface area contributed by atoms with Gasteiger partial charge in [-0.2, -0.15) is 22.5 Å². The van der Waals surface area contributed by atoms with Crippen molar-refractivity contribution in [2.75, 3.05) is 0 Å². The van der Waals surface area contributed by atoms with Crippen molar-refractivity contribution in [3.8, 4) is 0 Å². The molecule has 0 atom stereocenters. The molecule has 0 radical (unpaired) electrons. The van der Waals surface area contributed by atoms with Gasteiger partial charge in [0.2, 0.25) is 0 Å². The Morgan fingerprint density at radius 3 is 2.17 bits per heavy atom. The van der Waals surface area contributed by atoms with Crippen molar-refractivity contribution in [2.24, 2.45) is 0 Å². The second-order valence-electron chi connectivity index (χ2n) is 5.01. The summed E-state index contributed by atoms with van der Waals surface area (Å²) in [6.07, 6.45) is -4.54. The summed E-state index contributed by atoms with van der Waals surface area (Å²) in [6.45, 7) is 5.51. The summed E-state index contributed by atoms with van der Waals surface area (Å²) in [5.74, 6) is 0. The number of rotatable bonds is 0. The Bertz CT molecular complexity index is 593. The molecule has 98 valence electrons. The van der Waals surface area contributed by atoms with Crippen LogP contribution in [0.4, 0.5) is 17.6 Å². The molecular weight excluding hydrogens is 250 g/mol. The molecule has 3 nitrogen and oxygen atoms in total. The average molecular weight is 261 g/mol. The van der Waals surface area contributed by atoms with E-state index in [-0.39, 0.29) is 11.1 Å². The summed E-state index contributed by atoms with van der Waals surface area (Å²) in [4.78, 5) is 6.90. The zero-order chi connectivity index (χ0) is 13.7. The lowest BCUT2D eigenvalue weighted by Crippen LogP contribution is -2.11. The van der Waals surface area contributed by atoms with Gasteiger partial charge in [-0.25, -0.2) is 4.98 Å². The molecule has 2 aromatic rings. The maximum absolute atomic E-state index is 13.5. The second kappa shape index (κ2) is 3.66. The molecule has 0 saturated heterocycles. The molecule has 0 saturated carbocycles. The van der Waals surface area contributed by atoms with Crippen molar-refractivity contribution in [1.82, 2.24) is 14.4 Å². The lowest BCUT2D eigenvalue weighted by Gasteiger charge is -2.13. The molecule has 0 fully saturated rings. The van der Waals surface area contributed by atoms with Crippen molar-refractivity contribution in [1.29, 1.82) is 0 Å². The van der Waals surface area contributed by atoms with Crippen molar-refractivity contribution in [3.05, 3.63) is 29.7 Å². The largest absolute Gasteiger partial charge is 0.433 e. The molecule has 0 amide bonds. The zero-order valence-electron chi connectivity index (χ0n) is 10.0. The van der Waals surface area contributed by atoms with E-state index >= 15 is 0 Å². The van der Waals surface area contributed by atoms with Crippen LogP contribution in [0.5, 0.6) is 0 Å². The van der Waals surface area contributed by atoms with E-state index in [1.165, 1.54) is 6.20 Å². The molecule has 0 spiro atoms. The van der Waals surface area contributed by atoms with Crippen LogP contribution in [0.25, 0.3) is 5.65 Å². The van der Waals surface area contributed by atoms with Crippen LogP contribution in [-0.2, 0) is 11.6 Å². The van der Waals surface area contributed by atoms with E-state index in [2.05, 4.69) is 9.97 Å². The van der Waals surface area contributed by atoms with E-state index in [9.17, 15) is 17.6 Å². The molecule has 0 aromatic carbocycles. The SMILES string of the molecule is CC(C)(C)c1cn2c(F)nc(C(F)(F)F)cc2n1. The maximum atomic E-state index is 13.5. The quantitative estimate of drug-likeness (QED) is 0.538. The topological polar surface area (TPSA) is 30.2 Å². The van der Waals surface area contributed by atoms with Gasteiger partial charge in [-0.15, -0.1) is 0 Å². The van der Waals surface area contributed by atoms with Crippen LogP contribution in [0.2, 0.25) is 0 Å². The third-order valence-electron chi connectivity index (χ3n) is 2.47. The first kappa shape index (κ1) is 12.8. The first-order valence-corrected chi connectivity index (χ1v) is 5.22. The van der Waals surface area contributed by atoms with Gasteiger partial charge in [-0.3, -0.25) is 4.40 Å². The Morgan fingerprint density at radius 2 is 1.67 bits per heavy atom. The van der Waals surface area contributed by atoms with Crippen LogP contribution in [0.3, 0.4) is 0 Å². The van der Waals surface area contributed by atoms with Gasteiger partial charge in [0.1, 0.15) is 5.65 Å². The van der Waals surface area contributed by atoms with Gasteiger partial charge >= 0.3 is 6.18 Å². The number of fused-ring (bicyclic) bond motifs is 1. The fraction of sp³-hybridized carbons (Fsp3) is 0.455. The van der Waals surface area contributed by atoms with Gasteiger partial charge in [0.25, 0.3) is 6.08 Å². The lowest BCUT2D eigenvalue weighted by atomic mass is 9.93. The fourth-order valence-corrected chi connectivity index (χ4v) is 1.46. The minimum atomic E-state index is -4.68. The zero-order valence-corrected chi connectivity index (χ0v) is 10.0. The van der Waals surface area contributed by atoms with E-state index in [0.717, 1.165) is 10.5 Å². The summed E-state index contributed by atoms with van der Waals surface area (Å²) >= 11 is 0. The summed E-state index contributed by atoms with van der Waals surface area (Å²) in [7, 11) is 0. The van der Waals surface area contributed by atoms with Gasteiger partial charge in [0.15, 0.2) is 5.69 Å². The molecule has 0 aliphatic rings. The molecule has 7 heteroatoms. The van der Waals surface area contributed by atoms with Crippen molar-refractivity contribution < 1.29 is 17.6 Å². The molecule has 0 aliphatic carbocycles. The number of imidazole rings is 1. The number of aromatic nitrogens is 3.